The van der Waals surface area contributed by atoms with Crippen molar-refractivity contribution in [1.82, 2.24) is 10.4 Å². The number of aliphatic imine (C=N–C) groups is 1. The Bertz CT molecular complexity index is 285. The van der Waals surface area contributed by atoms with Gasteiger partial charge >= 0.3 is 0 Å². The smallest absolute Gasteiger partial charge is 0.258 e. The number of hydrazine groups is 1. The molecule has 2 aliphatic heterocycles. The van der Waals surface area contributed by atoms with E-state index in [4.69, 9.17) is 15.6 Å². The van der Waals surface area contributed by atoms with Crippen molar-refractivity contribution in [3.63, 3.8) is 0 Å². The van der Waals surface area contributed by atoms with Gasteiger partial charge in [-0.3, -0.25) is 9.80 Å². The molecule has 2 rings (SSSR count). The van der Waals surface area contributed by atoms with E-state index in [0.717, 1.165) is 12.8 Å². The van der Waals surface area contributed by atoms with Crippen molar-refractivity contribution < 1.29 is 14.6 Å². The van der Waals surface area contributed by atoms with Crippen LogP contribution in [0, 0.1) is 0 Å². The molecule has 4 N–H and O–H groups in total. The fourth-order valence-electron chi connectivity index (χ4n) is 1.67. The highest BCUT2D eigenvalue weighted by molar-refractivity contribution is 5.82. The first-order valence-corrected chi connectivity index (χ1v) is 5.84. The molecule has 0 radical (unpaired) electrons. The van der Waals surface area contributed by atoms with Crippen LogP contribution < -0.4 is 11.2 Å². The van der Waals surface area contributed by atoms with Crippen LogP contribution in [0.5, 0.6) is 0 Å². The van der Waals surface area contributed by atoms with Crippen molar-refractivity contribution in [2.24, 2.45) is 10.7 Å². The normalized spacial score (nSPS) is 31.2. The van der Waals surface area contributed by atoms with Gasteiger partial charge in [0.05, 0.1) is 12.7 Å². The maximum absolute atomic E-state index is 10.8. The Morgan fingerprint density at radius 3 is 2.82 bits per heavy atom. The van der Waals surface area contributed by atoms with Gasteiger partial charge < -0.3 is 15.6 Å². The van der Waals surface area contributed by atoms with Crippen LogP contribution in [0.4, 0.5) is 0 Å². The lowest BCUT2D eigenvalue weighted by molar-refractivity contribution is -0.121. The highest BCUT2D eigenvalue weighted by atomic mass is 16.5. The van der Waals surface area contributed by atoms with Crippen molar-refractivity contribution in [3.05, 3.63) is 0 Å². The van der Waals surface area contributed by atoms with Gasteiger partial charge in [-0.1, -0.05) is 13.8 Å². The number of aliphatic hydroxyl groups excluding tert-OH is 1. The van der Waals surface area contributed by atoms with E-state index in [-0.39, 0.29) is 18.9 Å². The number of hydrogen-bond acceptors (Lipinski definition) is 6. The predicted octanol–water partition coefficient (Wildman–Crippen LogP) is -0.830. The molecule has 0 aliphatic carbocycles. The minimum absolute atomic E-state index is 0.0146. The average molecular weight is 244 g/mol. The highest BCUT2D eigenvalue weighted by Gasteiger charge is 2.32. The predicted molar refractivity (Wildman–Crippen MR) is 62.8 cm³/mol. The first kappa shape index (κ1) is 13.9. The summed E-state index contributed by atoms with van der Waals surface area (Å²) in [6.45, 7) is 4.01. The third kappa shape index (κ3) is 3.39. The minimum Gasteiger partial charge on any atom is -0.394 e. The number of nitrogens with one attached hydrogen (secondary N) is 1. The van der Waals surface area contributed by atoms with E-state index in [1.54, 1.807) is 5.01 Å². The van der Waals surface area contributed by atoms with E-state index in [9.17, 15) is 4.79 Å². The molecule has 0 aromatic rings. The van der Waals surface area contributed by atoms with E-state index in [1.165, 1.54) is 6.34 Å². The van der Waals surface area contributed by atoms with E-state index in [0.29, 0.717) is 0 Å². The lowest BCUT2D eigenvalue weighted by Gasteiger charge is -2.23. The molecule has 1 amide bonds. The third-order valence-corrected chi connectivity index (χ3v) is 2.48. The quantitative estimate of drug-likeness (QED) is 0.601. The molecule has 1 saturated heterocycles. The van der Waals surface area contributed by atoms with Crippen molar-refractivity contribution >= 4 is 12.2 Å². The van der Waals surface area contributed by atoms with Gasteiger partial charge in [0.1, 0.15) is 12.6 Å². The van der Waals surface area contributed by atoms with Gasteiger partial charge in [0.25, 0.3) is 5.91 Å². The standard InChI is InChI=1S/C8H14N4O3.C2H6/c9-7(14)8-10-4-12(11-8)6-2-1-5(3-13)15-6;1-2/h4-6,8,11,13H,1-3H2,(H2,9,14);1-2H3. The number of hydrogen-bond donors (Lipinski definition) is 3. The Kier molecular flexibility index (Phi) is 5.33. The topological polar surface area (TPSA) is 100 Å². The van der Waals surface area contributed by atoms with Gasteiger partial charge in [-0.2, -0.15) is 5.43 Å². The SMILES string of the molecule is CC.NC(=O)C1N=CN(C2CCC(CO)O2)N1. The molecule has 3 atom stereocenters. The van der Waals surface area contributed by atoms with Crippen LogP contribution >= 0.6 is 0 Å². The van der Waals surface area contributed by atoms with Crippen LogP contribution in [0.3, 0.4) is 0 Å². The molecule has 17 heavy (non-hydrogen) atoms. The number of aliphatic hydroxyl groups is 1. The van der Waals surface area contributed by atoms with Gasteiger partial charge in [-0.15, -0.1) is 0 Å². The van der Waals surface area contributed by atoms with E-state index in [1.807, 2.05) is 13.8 Å². The summed E-state index contributed by atoms with van der Waals surface area (Å²) < 4.78 is 5.49. The molecule has 0 aromatic carbocycles. The van der Waals surface area contributed by atoms with Crippen molar-refractivity contribution in [2.75, 3.05) is 6.61 Å². The summed E-state index contributed by atoms with van der Waals surface area (Å²) in [5.41, 5.74) is 7.90. The third-order valence-electron chi connectivity index (χ3n) is 2.48. The van der Waals surface area contributed by atoms with E-state index < -0.39 is 12.1 Å². The second-order valence-corrected chi connectivity index (χ2v) is 3.58. The van der Waals surface area contributed by atoms with Gasteiger partial charge in [0, 0.05) is 0 Å². The van der Waals surface area contributed by atoms with Gasteiger partial charge in [-0.05, 0) is 12.8 Å². The molecule has 2 heterocycles. The number of carbonyl (C=O) groups excluding carboxylic acids is 1. The number of ether oxygens (including phenoxy) is 1. The van der Waals surface area contributed by atoms with E-state index in [2.05, 4.69) is 10.4 Å². The Morgan fingerprint density at radius 1 is 1.65 bits per heavy atom. The highest BCUT2D eigenvalue weighted by Crippen LogP contribution is 2.21. The fraction of sp³-hybridized carbons (Fsp3) is 0.800. The molecule has 3 unspecified atom stereocenters. The summed E-state index contributed by atoms with van der Waals surface area (Å²) in [4.78, 5) is 14.7. The summed E-state index contributed by atoms with van der Waals surface area (Å²) in [6.07, 6.45) is 2.07. The number of nitrogens with two attached hydrogens (primary N) is 1. The number of carbonyl (C=O) groups is 1. The van der Waals surface area contributed by atoms with Gasteiger partial charge in [-0.25, -0.2) is 4.99 Å². The molecule has 0 spiro atoms. The average Bonchev–Trinajstić information content (AvgIpc) is 3.00. The molecule has 98 valence electrons. The van der Waals surface area contributed by atoms with Crippen LogP contribution in [0.1, 0.15) is 26.7 Å². The van der Waals surface area contributed by atoms with Crippen molar-refractivity contribution in [3.8, 4) is 0 Å². The molecular formula is C10H20N4O3. The number of nitrogens with zero attached hydrogens (tertiary/aromatic N) is 2. The van der Waals surface area contributed by atoms with Crippen LogP contribution in [0.15, 0.2) is 4.99 Å². The maximum Gasteiger partial charge on any atom is 0.258 e. The summed E-state index contributed by atoms with van der Waals surface area (Å²) in [7, 11) is 0. The van der Waals surface area contributed by atoms with Gasteiger partial charge in [0.2, 0.25) is 0 Å². The Labute approximate surface area is 101 Å². The number of primary amides is 1. The molecule has 2 aliphatic rings. The number of rotatable bonds is 3. The number of amides is 1. The molecular weight excluding hydrogens is 224 g/mol. The molecule has 0 saturated carbocycles. The Balaban J connectivity index is 0.000000686. The Hall–Kier alpha value is -1.18. The lowest BCUT2D eigenvalue weighted by atomic mass is 10.2. The first-order chi connectivity index (χ1) is 8.20. The fourth-order valence-corrected chi connectivity index (χ4v) is 1.67. The molecule has 7 heteroatoms. The van der Waals surface area contributed by atoms with Crippen LogP contribution in [0.25, 0.3) is 0 Å². The summed E-state index contributed by atoms with van der Waals surface area (Å²) in [5.74, 6) is -0.523. The summed E-state index contributed by atoms with van der Waals surface area (Å²) >= 11 is 0. The zero-order chi connectivity index (χ0) is 12.8. The molecule has 0 bridgehead atoms. The summed E-state index contributed by atoms with van der Waals surface area (Å²) in [6, 6.07) is 0. The Morgan fingerprint density at radius 2 is 2.35 bits per heavy atom. The van der Waals surface area contributed by atoms with Crippen molar-refractivity contribution in [2.45, 2.75) is 45.2 Å². The second kappa shape index (κ2) is 6.53. The molecule has 0 aromatic heterocycles. The maximum atomic E-state index is 10.8. The minimum atomic E-state index is -0.707. The zero-order valence-corrected chi connectivity index (χ0v) is 10.2. The first-order valence-electron chi connectivity index (χ1n) is 5.84. The van der Waals surface area contributed by atoms with E-state index >= 15 is 0 Å². The van der Waals surface area contributed by atoms with Crippen molar-refractivity contribution in [1.29, 1.82) is 0 Å². The van der Waals surface area contributed by atoms with Crippen LogP contribution in [0.2, 0.25) is 0 Å². The molecule has 7 nitrogen and oxygen atoms in total. The second-order valence-electron chi connectivity index (χ2n) is 3.58. The lowest BCUT2D eigenvalue weighted by Crippen LogP contribution is -2.48. The largest absolute Gasteiger partial charge is 0.394 e. The monoisotopic (exact) mass is 244 g/mol. The van der Waals surface area contributed by atoms with Crippen LogP contribution in [-0.2, 0) is 9.53 Å². The summed E-state index contributed by atoms with van der Waals surface area (Å²) in [5, 5.41) is 10.5. The molecule has 1 fully saturated rings. The zero-order valence-electron chi connectivity index (χ0n) is 10.2. The van der Waals surface area contributed by atoms with Crippen LogP contribution in [-0.4, -0.2) is 47.5 Å². The van der Waals surface area contributed by atoms with Gasteiger partial charge in [0.15, 0.2) is 6.17 Å².